The van der Waals surface area contributed by atoms with Crippen molar-refractivity contribution in [2.45, 2.75) is 58.8 Å². The highest BCUT2D eigenvalue weighted by molar-refractivity contribution is 4.93. The van der Waals surface area contributed by atoms with Crippen LogP contribution in [0.5, 0.6) is 0 Å². The van der Waals surface area contributed by atoms with Crippen molar-refractivity contribution in [3.05, 3.63) is 12.2 Å². The second kappa shape index (κ2) is 5.18. The molecule has 0 aromatic rings. The predicted octanol–water partition coefficient (Wildman–Crippen LogP) is 4.81. The molecule has 3 rings (SSSR count). The minimum Gasteiger partial charge on any atom is -0.0882 e. The number of fused-ring (bicyclic) bond motifs is 6. The normalized spacial score (nSPS) is 37.1. The van der Waals surface area contributed by atoms with Crippen LogP contribution >= 0.6 is 0 Å². The maximum absolute atomic E-state index is 2.53. The summed E-state index contributed by atoms with van der Waals surface area (Å²) in [6.45, 7) is 4.84. The van der Waals surface area contributed by atoms with E-state index in [4.69, 9.17) is 0 Å². The molecular formula is C15H26. The maximum atomic E-state index is 2.53. The van der Waals surface area contributed by atoms with Crippen molar-refractivity contribution in [1.29, 1.82) is 0 Å². The Morgan fingerprint density at radius 2 is 1.93 bits per heavy atom. The Labute approximate surface area is 95.1 Å². The van der Waals surface area contributed by atoms with Gasteiger partial charge in [0, 0.05) is 0 Å². The lowest BCUT2D eigenvalue weighted by Crippen LogP contribution is -2.19. The van der Waals surface area contributed by atoms with Crippen molar-refractivity contribution in [2.75, 3.05) is 0 Å². The van der Waals surface area contributed by atoms with Crippen molar-refractivity contribution in [3.63, 3.8) is 0 Å². The highest BCUT2D eigenvalue weighted by atomic mass is 14.3. The van der Waals surface area contributed by atoms with E-state index in [0.717, 1.165) is 23.7 Å². The fourth-order valence-electron chi connectivity index (χ4n) is 3.42. The van der Waals surface area contributed by atoms with Crippen LogP contribution in [-0.4, -0.2) is 0 Å². The first kappa shape index (κ1) is 11.2. The Kier molecular flexibility index (Phi) is 3.88. The van der Waals surface area contributed by atoms with Crippen molar-refractivity contribution in [1.82, 2.24) is 0 Å². The standard InChI is InChI=1S/C15H26/c1-12(2)15-10-13-6-3-4-7-14(11-15)9-5-8-13/h3,6,12-15H,4-5,7-11H2,1-2H3. The molecule has 3 aliphatic carbocycles. The zero-order valence-electron chi connectivity index (χ0n) is 10.4. The molecule has 0 nitrogen and oxygen atoms in total. The number of rotatable bonds is 1. The predicted molar refractivity (Wildman–Crippen MR) is 66.8 cm³/mol. The van der Waals surface area contributed by atoms with Gasteiger partial charge in [-0.05, 0) is 55.8 Å². The Morgan fingerprint density at radius 1 is 1.07 bits per heavy atom. The summed E-state index contributed by atoms with van der Waals surface area (Å²) in [4.78, 5) is 0. The molecule has 3 aliphatic rings. The zero-order valence-corrected chi connectivity index (χ0v) is 10.4. The fourth-order valence-corrected chi connectivity index (χ4v) is 3.42. The third-order valence-electron chi connectivity index (χ3n) is 4.52. The highest BCUT2D eigenvalue weighted by Gasteiger charge is 2.25. The third kappa shape index (κ3) is 3.09. The first-order valence-corrected chi connectivity index (χ1v) is 6.92. The largest absolute Gasteiger partial charge is 0.0882 e. The van der Waals surface area contributed by atoms with Gasteiger partial charge in [0.2, 0.25) is 0 Å². The van der Waals surface area contributed by atoms with Gasteiger partial charge >= 0.3 is 0 Å². The summed E-state index contributed by atoms with van der Waals surface area (Å²) < 4.78 is 0. The van der Waals surface area contributed by atoms with Gasteiger partial charge < -0.3 is 0 Å². The molecule has 0 saturated heterocycles. The molecule has 1 saturated carbocycles. The van der Waals surface area contributed by atoms with Crippen LogP contribution in [0.25, 0.3) is 0 Å². The smallest absolute Gasteiger partial charge is 0.0231 e. The van der Waals surface area contributed by atoms with Crippen LogP contribution in [0.1, 0.15) is 58.8 Å². The fraction of sp³-hybridized carbons (Fsp3) is 0.867. The van der Waals surface area contributed by atoms with Crippen molar-refractivity contribution >= 4 is 0 Å². The molecule has 2 bridgehead atoms. The average Bonchev–Trinajstić information content (AvgIpc) is 2.31. The lowest BCUT2D eigenvalue weighted by molar-refractivity contribution is 0.216. The van der Waals surface area contributed by atoms with Crippen LogP contribution in [0.15, 0.2) is 12.2 Å². The highest BCUT2D eigenvalue weighted by Crippen LogP contribution is 2.37. The second-order valence-electron chi connectivity index (χ2n) is 6.04. The van der Waals surface area contributed by atoms with Crippen LogP contribution in [0.4, 0.5) is 0 Å². The number of hydrogen-bond acceptors (Lipinski definition) is 0. The summed E-state index contributed by atoms with van der Waals surface area (Å²) in [6, 6.07) is 0. The summed E-state index contributed by atoms with van der Waals surface area (Å²) in [7, 11) is 0. The Morgan fingerprint density at radius 3 is 2.73 bits per heavy atom. The van der Waals surface area contributed by atoms with Gasteiger partial charge in [-0.1, -0.05) is 38.8 Å². The molecule has 3 atom stereocenters. The van der Waals surface area contributed by atoms with Crippen molar-refractivity contribution in [3.8, 4) is 0 Å². The van der Waals surface area contributed by atoms with E-state index in [1.54, 1.807) is 0 Å². The van der Waals surface area contributed by atoms with E-state index < -0.39 is 0 Å². The van der Waals surface area contributed by atoms with E-state index in [1.165, 1.54) is 44.9 Å². The van der Waals surface area contributed by atoms with Crippen LogP contribution in [0, 0.1) is 23.7 Å². The quantitative estimate of drug-likeness (QED) is 0.540. The molecule has 0 amide bonds. The Bertz CT molecular complexity index is 214. The first-order valence-electron chi connectivity index (χ1n) is 6.92. The van der Waals surface area contributed by atoms with Crippen molar-refractivity contribution in [2.24, 2.45) is 23.7 Å². The topological polar surface area (TPSA) is 0 Å². The summed E-state index contributed by atoms with van der Waals surface area (Å²) in [5.74, 6) is 3.81. The van der Waals surface area contributed by atoms with Gasteiger partial charge in [-0.2, -0.15) is 0 Å². The van der Waals surface area contributed by atoms with E-state index in [0.29, 0.717) is 0 Å². The van der Waals surface area contributed by atoms with Gasteiger partial charge in [0.25, 0.3) is 0 Å². The Balaban J connectivity index is 2.10. The molecule has 0 heteroatoms. The SMILES string of the molecule is CC(C)C1CC2C=CCCC(CCC2)C1. The maximum Gasteiger partial charge on any atom is -0.0231 e. The lowest BCUT2D eigenvalue weighted by Gasteiger charge is -2.31. The van der Waals surface area contributed by atoms with Crippen LogP contribution < -0.4 is 0 Å². The summed E-state index contributed by atoms with van der Waals surface area (Å²) >= 11 is 0. The first-order chi connectivity index (χ1) is 7.25. The Hall–Kier alpha value is -0.260. The van der Waals surface area contributed by atoms with Gasteiger partial charge in [0.05, 0.1) is 0 Å². The molecule has 0 aromatic carbocycles. The van der Waals surface area contributed by atoms with E-state index in [-0.39, 0.29) is 0 Å². The van der Waals surface area contributed by atoms with E-state index in [9.17, 15) is 0 Å². The molecule has 0 heterocycles. The molecule has 86 valence electrons. The molecule has 0 aliphatic heterocycles. The molecular weight excluding hydrogens is 180 g/mol. The molecule has 0 aromatic heterocycles. The minimum absolute atomic E-state index is 0.889. The minimum atomic E-state index is 0.889. The summed E-state index contributed by atoms with van der Waals surface area (Å²) in [6.07, 6.45) is 15.2. The van der Waals surface area contributed by atoms with E-state index >= 15 is 0 Å². The lowest BCUT2D eigenvalue weighted by atomic mass is 9.75. The van der Waals surface area contributed by atoms with Crippen LogP contribution in [0.2, 0.25) is 0 Å². The molecule has 1 fully saturated rings. The third-order valence-corrected chi connectivity index (χ3v) is 4.52. The van der Waals surface area contributed by atoms with E-state index in [1.807, 2.05) is 0 Å². The molecule has 0 N–H and O–H groups in total. The molecule has 3 unspecified atom stereocenters. The molecule has 0 radical (unpaired) electrons. The zero-order chi connectivity index (χ0) is 10.7. The monoisotopic (exact) mass is 206 g/mol. The molecule has 0 spiro atoms. The number of hydrogen-bond donors (Lipinski definition) is 0. The van der Waals surface area contributed by atoms with Gasteiger partial charge in [0.15, 0.2) is 0 Å². The van der Waals surface area contributed by atoms with E-state index in [2.05, 4.69) is 26.0 Å². The second-order valence-corrected chi connectivity index (χ2v) is 6.04. The van der Waals surface area contributed by atoms with Gasteiger partial charge in [-0.15, -0.1) is 0 Å². The van der Waals surface area contributed by atoms with Gasteiger partial charge in [0.1, 0.15) is 0 Å². The number of allylic oxidation sites excluding steroid dienone is 2. The summed E-state index contributed by atoms with van der Waals surface area (Å²) in [5.41, 5.74) is 0. The van der Waals surface area contributed by atoms with Gasteiger partial charge in [-0.25, -0.2) is 0 Å². The average molecular weight is 206 g/mol. The van der Waals surface area contributed by atoms with Crippen LogP contribution in [-0.2, 0) is 0 Å². The van der Waals surface area contributed by atoms with Crippen molar-refractivity contribution < 1.29 is 0 Å². The molecule has 15 heavy (non-hydrogen) atoms. The van der Waals surface area contributed by atoms with Crippen LogP contribution in [0.3, 0.4) is 0 Å². The van der Waals surface area contributed by atoms with Gasteiger partial charge in [-0.3, -0.25) is 0 Å². The summed E-state index contributed by atoms with van der Waals surface area (Å²) in [5, 5.41) is 0.